The summed E-state index contributed by atoms with van der Waals surface area (Å²) in [7, 11) is 0. The Morgan fingerprint density at radius 1 is 1.35 bits per heavy atom. The third kappa shape index (κ3) is 3.30. The highest BCUT2D eigenvalue weighted by Gasteiger charge is 2.20. The first-order valence-corrected chi connectivity index (χ1v) is 6.53. The molecule has 0 aliphatic carbocycles. The van der Waals surface area contributed by atoms with E-state index in [4.69, 9.17) is 4.74 Å². The zero-order valence-electron chi connectivity index (χ0n) is 10.8. The molecule has 0 saturated carbocycles. The van der Waals surface area contributed by atoms with Crippen LogP contribution in [-0.2, 0) is 4.74 Å². The minimum Gasteiger partial charge on any atom is -0.388 e. The van der Waals surface area contributed by atoms with Gasteiger partial charge in [-0.25, -0.2) is 0 Å². The van der Waals surface area contributed by atoms with Crippen molar-refractivity contribution in [3.63, 3.8) is 0 Å². The molecule has 94 valence electrons. The number of aliphatic hydroxyl groups excluding tert-OH is 1. The molecule has 2 unspecified atom stereocenters. The molecule has 1 aromatic rings. The van der Waals surface area contributed by atoms with Gasteiger partial charge in [0.05, 0.1) is 12.2 Å². The van der Waals surface area contributed by atoms with Crippen molar-refractivity contribution < 1.29 is 9.84 Å². The number of hydrogen-bond donors (Lipinski definition) is 1. The fraction of sp³-hybridized carbons (Fsp3) is 0.600. The Balaban J connectivity index is 2.02. The standard InChI is InChI=1S/C15H22O2/c1-11-6-7-12(2)14(9-11)15(16)10-13-5-3-4-8-17-13/h6-7,9,13,15-16H,3-5,8,10H2,1-2H3. The molecule has 1 aromatic carbocycles. The second kappa shape index (κ2) is 5.65. The van der Waals surface area contributed by atoms with E-state index in [1.165, 1.54) is 17.5 Å². The van der Waals surface area contributed by atoms with Crippen LogP contribution < -0.4 is 0 Å². The van der Waals surface area contributed by atoms with Crippen LogP contribution in [0.5, 0.6) is 0 Å². The van der Waals surface area contributed by atoms with Crippen LogP contribution in [0.4, 0.5) is 0 Å². The van der Waals surface area contributed by atoms with Crippen molar-refractivity contribution in [2.24, 2.45) is 0 Å². The topological polar surface area (TPSA) is 29.5 Å². The molecule has 0 amide bonds. The van der Waals surface area contributed by atoms with E-state index in [9.17, 15) is 5.11 Å². The largest absolute Gasteiger partial charge is 0.388 e. The van der Waals surface area contributed by atoms with Gasteiger partial charge in [0.15, 0.2) is 0 Å². The second-order valence-electron chi connectivity index (χ2n) is 5.10. The van der Waals surface area contributed by atoms with E-state index in [0.717, 1.165) is 31.4 Å². The van der Waals surface area contributed by atoms with Crippen LogP contribution in [0.3, 0.4) is 0 Å². The highest BCUT2D eigenvalue weighted by atomic mass is 16.5. The van der Waals surface area contributed by atoms with E-state index in [0.29, 0.717) is 0 Å². The van der Waals surface area contributed by atoms with Crippen molar-refractivity contribution in [1.82, 2.24) is 0 Å². The van der Waals surface area contributed by atoms with E-state index >= 15 is 0 Å². The zero-order chi connectivity index (χ0) is 12.3. The predicted octanol–water partition coefficient (Wildman–Crippen LogP) is 3.30. The summed E-state index contributed by atoms with van der Waals surface area (Å²) in [5.74, 6) is 0. The minimum absolute atomic E-state index is 0.235. The average molecular weight is 234 g/mol. The lowest BCUT2D eigenvalue weighted by molar-refractivity contribution is -0.0156. The van der Waals surface area contributed by atoms with Crippen LogP contribution in [0.1, 0.15) is 48.5 Å². The number of rotatable bonds is 3. The van der Waals surface area contributed by atoms with E-state index < -0.39 is 6.10 Å². The average Bonchev–Trinajstić information content (AvgIpc) is 2.33. The number of ether oxygens (including phenoxy) is 1. The fourth-order valence-corrected chi connectivity index (χ4v) is 2.49. The molecule has 2 nitrogen and oxygen atoms in total. The highest BCUT2D eigenvalue weighted by Crippen LogP contribution is 2.27. The molecule has 0 radical (unpaired) electrons. The van der Waals surface area contributed by atoms with Crippen LogP contribution in [0.25, 0.3) is 0 Å². The summed E-state index contributed by atoms with van der Waals surface area (Å²) in [6.07, 6.45) is 4.04. The van der Waals surface area contributed by atoms with Crippen molar-refractivity contribution in [1.29, 1.82) is 0 Å². The van der Waals surface area contributed by atoms with Crippen molar-refractivity contribution in [3.05, 3.63) is 34.9 Å². The van der Waals surface area contributed by atoms with Gasteiger partial charge in [-0.15, -0.1) is 0 Å². The van der Waals surface area contributed by atoms with Crippen molar-refractivity contribution in [2.45, 2.75) is 51.7 Å². The molecule has 2 atom stereocenters. The van der Waals surface area contributed by atoms with Gasteiger partial charge in [0, 0.05) is 13.0 Å². The van der Waals surface area contributed by atoms with Crippen LogP contribution in [-0.4, -0.2) is 17.8 Å². The molecule has 1 aliphatic rings. The van der Waals surface area contributed by atoms with E-state index in [1.807, 2.05) is 0 Å². The smallest absolute Gasteiger partial charge is 0.0817 e. The van der Waals surface area contributed by atoms with Crippen molar-refractivity contribution in [2.75, 3.05) is 6.61 Å². The summed E-state index contributed by atoms with van der Waals surface area (Å²) >= 11 is 0. The lowest BCUT2D eigenvalue weighted by Crippen LogP contribution is -2.21. The molecule has 0 spiro atoms. The molecule has 1 heterocycles. The van der Waals surface area contributed by atoms with Gasteiger partial charge in [-0.3, -0.25) is 0 Å². The van der Waals surface area contributed by atoms with Crippen LogP contribution in [0.15, 0.2) is 18.2 Å². The first-order chi connectivity index (χ1) is 8.16. The molecule has 0 bridgehead atoms. The maximum Gasteiger partial charge on any atom is 0.0817 e. The van der Waals surface area contributed by atoms with Crippen molar-refractivity contribution >= 4 is 0 Å². The molecule has 1 N–H and O–H groups in total. The maximum atomic E-state index is 10.3. The Morgan fingerprint density at radius 3 is 2.88 bits per heavy atom. The highest BCUT2D eigenvalue weighted by molar-refractivity contribution is 5.32. The number of aliphatic hydroxyl groups is 1. The van der Waals surface area contributed by atoms with Gasteiger partial charge in [-0.1, -0.05) is 23.8 Å². The van der Waals surface area contributed by atoms with Gasteiger partial charge in [-0.2, -0.15) is 0 Å². The van der Waals surface area contributed by atoms with Crippen LogP contribution >= 0.6 is 0 Å². The third-order valence-electron chi connectivity index (χ3n) is 3.55. The maximum absolute atomic E-state index is 10.3. The molecule has 1 aliphatic heterocycles. The van der Waals surface area contributed by atoms with Crippen molar-refractivity contribution in [3.8, 4) is 0 Å². The summed E-state index contributed by atoms with van der Waals surface area (Å²) in [5.41, 5.74) is 3.42. The first-order valence-electron chi connectivity index (χ1n) is 6.53. The Labute approximate surface area is 104 Å². The first kappa shape index (κ1) is 12.6. The molecule has 2 heteroatoms. The van der Waals surface area contributed by atoms with Crippen LogP contribution in [0, 0.1) is 13.8 Å². The fourth-order valence-electron chi connectivity index (χ4n) is 2.49. The molecule has 1 saturated heterocycles. The van der Waals surface area contributed by atoms with E-state index in [1.54, 1.807) is 0 Å². The van der Waals surface area contributed by atoms with E-state index in [-0.39, 0.29) is 6.10 Å². The molecule has 0 aromatic heterocycles. The Hall–Kier alpha value is -0.860. The predicted molar refractivity (Wildman–Crippen MR) is 69.1 cm³/mol. The SMILES string of the molecule is Cc1ccc(C)c(C(O)CC2CCCCO2)c1. The number of aryl methyl sites for hydroxylation is 2. The monoisotopic (exact) mass is 234 g/mol. The molecule has 17 heavy (non-hydrogen) atoms. The summed E-state index contributed by atoms with van der Waals surface area (Å²) in [6, 6.07) is 6.25. The second-order valence-corrected chi connectivity index (χ2v) is 5.10. The molecule has 1 fully saturated rings. The van der Waals surface area contributed by atoms with Gasteiger partial charge in [0.1, 0.15) is 0 Å². The third-order valence-corrected chi connectivity index (χ3v) is 3.55. The molecular formula is C15H22O2. The van der Waals surface area contributed by atoms with E-state index in [2.05, 4.69) is 32.0 Å². The van der Waals surface area contributed by atoms with Gasteiger partial charge < -0.3 is 9.84 Å². The zero-order valence-corrected chi connectivity index (χ0v) is 10.8. The Morgan fingerprint density at radius 2 is 2.18 bits per heavy atom. The summed E-state index contributed by atoms with van der Waals surface area (Å²) in [6.45, 7) is 4.97. The molecule has 2 rings (SSSR count). The minimum atomic E-state index is -0.391. The molecular weight excluding hydrogens is 212 g/mol. The quantitative estimate of drug-likeness (QED) is 0.869. The van der Waals surface area contributed by atoms with Gasteiger partial charge in [0.25, 0.3) is 0 Å². The van der Waals surface area contributed by atoms with Gasteiger partial charge in [-0.05, 0) is 44.2 Å². The number of hydrogen-bond acceptors (Lipinski definition) is 2. The Bertz CT molecular complexity index is 367. The number of benzene rings is 1. The van der Waals surface area contributed by atoms with Gasteiger partial charge >= 0.3 is 0 Å². The summed E-state index contributed by atoms with van der Waals surface area (Å²) < 4.78 is 5.68. The van der Waals surface area contributed by atoms with Gasteiger partial charge in [0.2, 0.25) is 0 Å². The summed E-state index contributed by atoms with van der Waals surface area (Å²) in [5, 5.41) is 10.3. The van der Waals surface area contributed by atoms with Crippen LogP contribution in [0.2, 0.25) is 0 Å². The normalized spacial score (nSPS) is 22.4. The lowest BCUT2D eigenvalue weighted by atomic mass is 9.95. The summed E-state index contributed by atoms with van der Waals surface area (Å²) in [4.78, 5) is 0. The lowest BCUT2D eigenvalue weighted by Gasteiger charge is -2.25. The Kier molecular flexibility index (Phi) is 4.19.